The van der Waals surface area contributed by atoms with Crippen LogP contribution >= 0.6 is 11.6 Å². The molecule has 0 aliphatic carbocycles. The molecule has 8 nitrogen and oxygen atoms in total. The fraction of sp³-hybridized carbons (Fsp3) is 0.211. The standard InChI is InChI=1S/C18H17ClFN3O2.CH2O3.Na/c1-3-13(24)23-6-4-5-10(8-23)14-12(20)7-11(18(21)25)17-15(14)16(19)9(2)22-17;2-1(3)4;/h3,5,7,22H,1,4,6,8H2,2H3,(H2,21,25);(H2,2,3,4);/q;;+1/p-1. The Morgan fingerprint density at radius 1 is 1.43 bits per heavy atom. The zero-order valence-electron chi connectivity index (χ0n) is 16.4. The van der Waals surface area contributed by atoms with E-state index in [0.717, 1.165) is 6.07 Å². The van der Waals surface area contributed by atoms with Gasteiger partial charge in [-0.1, -0.05) is 24.3 Å². The molecule has 1 aromatic carbocycles. The zero-order chi connectivity index (χ0) is 21.9. The van der Waals surface area contributed by atoms with Gasteiger partial charge >= 0.3 is 29.6 Å². The van der Waals surface area contributed by atoms with Crippen LogP contribution in [0.15, 0.2) is 24.8 Å². The van der Waals surface area contributed by atoms with Crippen LogP contribution in [0.25, 0.3) is 16.5 Å². The predicted molar refractivity (Wildman–Crippen MR) is 104 cm³/mol. The number of fused-ring (bicyclic) bond motifs is 1. The summed E-state index contributed by atoms with van der Waals surface area (Å²) < 4.78 is 14.9. The van der Waals surface area contributed by atoms with Crippen LogP contribution < -0.4 is 40.4 Å². The van der Waals surface area contributed by atoms with Gasteiger partial charge in [-0.2, -0.15) is 0 Å². The molecule has 3 rings (SSSR count). The van der Waals surface area contributed by atoms with Crippen molar-refractivity contribution >= 4 is 46.0 Å². The number of hydrogen-bond acceptors (Lipinski definition) is 4. The van der Waals surface area contributed by atoms with Crippen molar-refractivity contribution in [3.8, 4) is 0 Å². The molecule has 1 aliphatic rings. The third kappa shape index (κ3) is 5.42. The van der Waals surface area contributed by atoms with E-state index in [-0.39, 0.29) is 53.1 Å². The molecule has 0 spiro atoms. The normalized spacial score (nSPS) is 12.9. The minimum atomic E-state index is -2.08. The largest absolute Gasteiger partial charge is 1.00 e. The van der Waals surface area contributed by atoms with Gasteiger partial charge in [-0.3, -0.25) is 9.59 Å². The second-order valence-corrected chi connectivity index (χ2v) is 6.59. The molecule has 2 amide bonds. The van der Waals surface area contributed by atoms with Crippen molar-refractivity contribution in [1.82, 2.24) is 9.88 Å². The van der Waals surface area contributed by atoms with Gasteiger partial charge in [0.1, 0.15) is 5.82 Å². The first kappa shape index (κ1) is 25.7. The Bertz CT molecular complexity index is 1050. The monoisotopic (exact) mass is 445 g/mol. The summed E-state index contributed by atoms with van der Waals surface area (Å²) in [6.45, 7) is 6.00. The number of aromatic nitrogens is 1. The molecule has 2 heterocycles. The number of amides is 2. The Morgan fingerprint density at radius 2 is 2.03 bits per heavy atom. The topological polar surface area (TPSA) is 140 Å². The summed E-state index contributed by atoms with van der Waals surface area (Å²) >= 11 is 6.37. The first-order valence-electron chi connectivity index (χ1n) is 8.39. The number of carbonyl (C=O) groups excluding carboxylic acids is 2. The Hall–Kier alpha value is -2.33. The third-order valence-corrected chi connectivity index (χ3v) is 4.84. The van der Waals surface area contributed by atoms with Gasteiger partial charge in [0.05, 0.1) is 16.1 Å². The van der Waals surface area contributed by atoms with E-state index >= 15 is 0 Å². The summed E-state index contributed by atoms with van der Waals surface area (Å²) in [5.74, 6) is -1.55. The van der Waals surface area contributed by atoms with E-state index in [1.54, 1.807) is 11.8 Å². The van der Waals surface area contributed by atoms with Crippen LogP contribution in [0.1, 0.15) is 28.0 Å². The summed E-state index contributed by atoms with van der Waals surface area (Å²) in [5, 5.41) is 16.0. The number of halogens is 2. The number of hydrogen-bond donors (Lipinski definition) is 3. The number of aryl methyl sites for hydroxylation is 1. The zero-order valence-corrected chi connectivity index (χ0v) is 19.2. The SMILES string of the molecule is C=CC(=O)N1CCC=C(c2c(F)cc(C(N)=O)c3[nH]c(C)c(Cl)c23)C1.O=C([O-])O.[Na+]. The van der Waals surface area contributed by atoms with Crippen LogP contribution in [-0.4, -0.2) is 46.0 Å². The van der Waals surface area contributed by atoms with E-state index in [1.807, 2.05) is 6.08 Å². The number of benzene rings is 1. The molecule has 30 heavy (non-hydrogen) atoms. The maximum Gasteiger partial charge on any atom is 1.00 e. The van der Waals surface area contributed by atoms with Gasteiger partial charge in [-0.15, -0.1) is 0 Å². The maximum absolute atomic E-state index is 14.9. The smallest absolute Gasteiger partial charge is 0.565 e. The Labute approximate surface area is 198 Å². The van der Waals surface area contributed by atoms with Crippen molar-refractivity contribution in [1.29, 1.82) is 0 Å². The molecule has 0 unspecified atom stereocenters. The molecule has 0 saturated carbocycles. The third-order valence-electron chi connectivity index (χ3n) is 4.36. The molecule has 0 fully saturated rings. The number of nitrogens with one attached hydrogen (secondary N) is 1. The van der Waals surface area contributed by atoms with Crippen molar-refractivity contribution in [3.05, 3.63) is 52.5 Å². The molecule has 1 aliphatic heterocycles. The van der Waals surface area contributed by atoms with E-state index in [0.29, 0.717) is 40.2 Å². The van der Waals surface area contributed by atoms with Gasteiger partial charge in [0, 0.05) is 29.7 Å². The molecule has 4 N–H and O–H groups in total. The van der Waals surface area contributed by atoms with Gasteiger partial charge in [-0.25, -0.2) is 4.39 Å². The van der Waals surface area contributed by atoms with Crippen LogP contribution in [0.5, 0.6) is 0 Å². The predicted octanol–water partition coefficient (Wildman–Crippen LogP) is -0.939. The summed E-state index contributed by atoms with van der Waals surface area (Å²) in [7, 11) is 0. The fourth-order valence-electron chi connectivity index (χ4n) is 3.18. The first-order valence-corrected chi connectivity index (χ1v) is 8.77. The maximum atomic E-state index is 14.9. The average molecular weight is 446 g/mol. The number of H-pyrrole nitrogens is 1. The van der Waals surface area contributed by atoms with Crippen molar-refractivity contribution in [3.63, 3.8) is 0 Å². The fourth-order valence-corrected chi connectivity index (χ4v) is 3.42. The van der Waals surface area contributed by atoms with Crippen LogP contribution in [0.2, 0.25) is 5.02 Å². The number of primary amides is 1. The van der Waals surface area contributed by atoms with Gasteiger partial charge in [0.15, 0.2) is 0 Å². The molecule has 0 bridgehead atoms. The van der Waals surface area contributed by atoms with E-state index in [1.165, 1.54) is 6.08 Å². The minimum Gasteiger partial charge on any atom is -0.565 e. The molecule has 11 heteroatoms. The molecule has 1 aromatic heterocycles. The number of carbonyl (C=O) groups is 3. The van der Waals surface area contributed by atoms with Crippen molar-refractivity contribution in [2.45, 2.75) is 13.3 Å². The number of carboxylic acid groups (broad SMARTS) is 2. The molecule has 0 saturated heterocycles. The van der Waals surface area contributed by atoms with Crippen LogP contribution in [0.4, 0.5) is 9.18 Å². The van der Waals surface area contributed by atoms with Crippen LogP contribution in [0, 0.1) is 12.7 Å². The molecule has 2 aromatic rings. The van der Waals surface area contributed by atoms with Gasteiger partial charge in [0.25, 0.3) is 5.91 Å². The Kier molecular flexibility index (Phi) is 9.10. The molecular formula is C19H18ClFN3NaO5. The quantitative estimate of drug-likeness (QED) is 0.413. The Balaban J connectivity index is 0.000000827. The minimum absolute atomic E-state index is 0. The number of aromatic amines is 1. The number of nitrogens with zero attached hydrogens (tertiary/aromatic N) is 1. The van der Waals surface area contributed by atoms with Crippen molar-refractivity contribution in [2.24, 2.45) is 5.73 Å². The summed E-state index contributed by atoms with van der Waals surface area (Å²) in [6, 6.07) is 1.11. The molecule has 0 atom stereocenters. The van der Waals surface area contributed by atoms with E-state index in [4.69, 9.17) is 32.3 Å². The van der Waals surface area contributed by atoms with Crippen LogP contribution in [-0.2, 0) is 4.79 Å². The van der Waals surface area contributed by atoms with E-state index in [2.05, 4.69) is 11.6 Å². The van der Waals surface area contributed by atoms with Gasteiger partial charge in [-0.05, 0) is 31.1 Å². The van der Waals surface area contributed by atoms with Gasteiger partial charge in [0.2, 0.25) is 12.1 Å². The summed E-state index contributed by atoms with van der Waals surface area (Å²) in [5.41, 5.74) is 7.35. The van der Waals surface area contributed by atoms with Gasteiger partial charge < -0.3 is 30.6 Å². The summed E-state index contributed by atoms with van der Waals surface area (Å²) in [6.07, 6.45) is 1.63. The van der Waals surface area contributed by atoms with Crippen LogP contribution in [0.3, 0.4) is 0 Å². The Morgan fingerprint density at radius 3 is 2.57 bits per heavy atom. The van der Waals surface area contributed by atoms with Crippen molar-refractivity contribution in [2.75, 3.05) is 13.1 Å². The molecular weight excluding hydrogens is 428 g/mol. The van der Waals surface area contributed by atoms with E-state index < -0.39 is 17.9 Å². The average Bonchev–Trinajstić information content (AvgIpc) is 2.95. The van der Waals surface area contributed by atoms with E-state index in [9.17, 15) is 14.0 Å². The summed E-state index contributed by atoms with van der Waals surface area (Å²) in [4.78, 5) is 36.6. The first-order chi connectivity index (χ1) is 13.6. The number of rotatable bonds is 3. The molecule has 154 valence electrons. The van der Waals surface area contributed by atoms with Crippen molar-refractivity contribution < 1.29 is 58.5 Å². The molecule has 0 radical (unpaired) electrons. The second kappa shape index (κ2) is 10.6. The number of nitrogens with two attached hydrogens (primary N) is 1. The second-order valence-electron chi connectivity index (χ2n) is 6.21.